The molecule has 0 bridgehead atoms. The van der Waals surface area contributed by atoms with Crippen molar-refractivity contribution in [2.75, 3.05) is 52.9 Å². The van der Waals surface area contributed by atoms with Gasteiger partial charge in [0.1, 0.15) is 0 Å². The lowest BCUT2D eigenvalue weighted by Crippen LogP contribution is -2.47. The third kappa shape index (κ3) is 4.36. The Balaban J connectivity index is 1.52. The molecule has 30 heavy (non-hydrogen) atoms. The van der Waals surface area contributed by atoms with E-state index in [1.54, 1.807) is 10.4 Å². The van der Waals surface area contributed by atoms with Crippen molar-refractivity contribution >= 4 is 16.0 Å². The third-order valence-corrected chi connectivity index (χ3v) is 8.94. The van der Waals surface area contributed by atoms with Gasteiger partial charge in [0.05, 0.1) is 11.4 Å². The van der Waals surface area contributed by atoms with Crippen LogP contribution in [0.15, 0.2) is 34.2 Å². The first-order chi connectivity index (χ1) is 14.4. The smallest absolute Gasteiger partial charge is 0.243 e. The summed E-state index contributed by atoms with van der Waals surface area (Å²) in [6.07, 6.45) is 5.24. The summed E-state index contributed by atoms with van der Waals surface area (Å²) >= 11 is 0. The van der Waals surface area contributed by atoms with Crippen LogP contribution >= 0.6 is 0 Å². The van der Waals surface area contributed by atoms with Gasteiger partial charge < -0.3 is 15.1 Å². The Labute approximate surface area is 181 Å². The Morgan fingerprint density at radius 2 is 1.83 bits per heavy atom. The molecule has 1 N–H and O–H groups in total. The first-order valence-corrected chi connectivity index (χ1v) is 12.7. The molecule has 1 aromatic carbocycles. The summed E-state index contributed by atoms with van der Waals surface area (Å²) in [5.74, 6) is 0.910. The van der Waals surface area contributed by atoms with Gasteiger partial charge in [-0.25, -0.2) is 13.4 Å². The lowest BCUT2D eigenvalue weighted by Gasteiger charge is -2.38. The van der Waals surface area contributed by atoms with Crippen LogP contribution in [0.4, 0.5) is 0 Å². The van der Waals surface area contributed by atoms with Crippen LogP contribution < -0.4 is 5.32 Å². The highest BCUT2D eigenvalue weighted by molar-refractivity contribution is 7.89. The van der Waals surface area contributed by atoms with Gasteiger partial charge in [-0.3, -0.25) is 0 Å². The average molecular weight is 434 g/mol. The molecular formula is C22H35N5O2S. The van der Waals surface area contributed by atoms with Crippen LogP contribution in [0.1, 0.15) is 38.2 Å². The number of aliphatic imine (C=N–C) groups is 1. The Hall–Kier alpha value is -1.64. The summed E-state index contributed by atoms with van der Waals surface area (Å²) < 4.78 is 28.2. The number of nitrogens with zero attached hydrogens (tertiary/aromatic N) is 4. The zero-order valence-electron chi connectivity index (χ0n) is 18.3. The Morgan fingerprint density at radius 1 is 1.10 bits per heavy atom. The molecule has 4 rings (SSSR count). The van der Waals surface area contributed by atoms with Crippen LogP contribution in [-0.2, 0) is 16.6 Å². The van der Waals surface area contributed by atoms with E-state index >= 15 is 0 Å². The van der Waals surface area contributed by atoms with Crippen LogP contribution in [0.5, 0.6) is 0 Å². The van der Waals surface area contributed by atoms with E-state index in [-0.39, 0.29) is 0 Å². The maximum atomic E-state index is 13.3. The number of benzene rings is 1. The van der Waals surface area contributed by atoms with Gasteiger partial charge in [-0.05, 0) is 50.3 Å². The molecule has 1 spiro atoms. The molecule has 1 saturated carbocycles. The zero-order valence-corrected chi connectivity index (χ0v) is 19.1. The lowest BCUT2D eigenvalue weighted by atomic mass is 9.68. The fourth-order valence-corrected chi connectivity index (χ4v) is 6.48. The van der Waals surface area contributed by atoms with Gasteiger partial charge in [0, 0.05) is 45.8 Å². The van der Waals surface area contributed by atoms with E-state index in [1.165, 1.54) is 25.7 Å². The van der Waals surface area contributed by atoms with Gasteiger partial charge in [0.15, 0.2) is 5.96 Å². The van der Waals surface area contributed by atoms with Crippen LogP contribution in [0.3, 0.4) is 0 Å². The number of hydrogen-bond donors (Lipinski definition) is 1. The maximum absolute atomic E-state index is 13.3. The number of piperazine rings is 1. The quantitative estimate of drug-likeness (QED) is 0.568. The Morgan fingerprint density at radius 3 is 2.47 bits per heavy atom. The monoisotopic (exact) mass is 433 g/mol. The van der Waals surface area contributed by atoms with Gasteiger partial charge >= 0.3 is 0 Å². The van der Waals surface area contributed by atoms with E-state index in [1.807, 2.05) is 25.2 Å². The van der Waals surface area contributed by atoms with Gasteiger partial charge in [-0.15, -0.1) is 0 Å². The van der Waals surface area contributed by atoms with Crippen molar-refractivity contribution in [2.24, 2.45) is 10.4 Å². The maximum Gasteiger partial charge on any atom is 0.243 e. The Bertz CT molecular complexity index is 873. The predicted octanol–water partition coefficient (Wildman–Crippen LogP) is 1.96. The number of rotatable bonds is 5. The molecule has 0 atom stereocenters. The molecule has 8 heteroatoms. The third-order valence-electron chi connectivity index (χ3n) is 6.94. The first kappa shape index (κ1) is 21.6. The van der Waals surface area contributed by atoms with Crippen molar-refractivity contribution in [3.63, 3.8) is 0 Å². The fraction of sp³-hybridized carbons (Fsp3) is 0.682. The van der Waals surface area contributed by atoms with E-state index in [9.17, 15) is 8.42 Å². The topological polar surface area (TPSA) is 68.2 Å². The normalized spacial score (nSPS) is 23.0. The second-order valence-corrected chi connectivity index (χ2v) is 10.9. The fourth-order valence-electron chi connectivity index (χ4n) is 4.84. The zero-order chi connectivity index (χ0) is 21.2. The van der Waals surface area contributed by atoms with Crippen molar-refractivity contribution in [1.82, 2.24) is 19.4 Å². The number of sulfonamides is 1. The minimum Gasteiger partial charge on any atom is -0.357 e. The molecule has 3 aliphatic rings. The summed E-state index contributed by atoms with van der Waals surface area (Å²) in [6, 6.07) is 7.33. The highest BCUT2D eigenvalue weighted by Crippen LogP contribution is 2.47. The molecule has 0 unspecified atom stereocenters. The molecule has 7 nitrogen and oxygen atoms in total. The Kier molecular flexibility index (Phi) is 6.36. The number of guanidine groups is 1. The molecule has 1 aliphatic carbocycles. The molecule has 3 fully saturated rings. The lowest BCUT2D eigenvalue weighted by molar-refractivity contribution is 0.151. The highest BCUT2D eigenvalue weighted by Gasteiger charge is 2.43. The highest BCUT2D eigenvalue weighted by atomic mass is 32.2. The van der Waals surface area contributed by atoms with E-state index < -0.39 is 10.0 Å². The molecule has 0 amide bonds. The second kappa shape index (κ2) is 8.85. The molecule has 0 radical (unpaired) electrons. The minimum atomic E-state index is -3.51. The van der Waals surface area contributed by atoms with Gasteiger partial charge in [-0.1, -0.05) is 24.6 Å². The van der Waals surface area contributed by atoms with Crippen molar-refractivity contribution in [2.45, 2.75) is 44.0 Å². The second-order valence-electron chi connectivity index (χ2n) is 9.01. The largest absolute Gasteiger partial charge is 0.357 e. The summed E-state index contributed by atoms with van der Waals surface area (Å²) in [6.45, 7) is 7.97. The first-order valence-electron chi connectivity index (χ1n) is 11.2. The molecule has 1 aromatic rings. The van der Waals surface area contributed by atoms with E-state index in [2.05, 4.69) is 22.0 Å². The molecule has 2 aliphatic heterocycles. The van der Waals surface area contributed by atoms with Gasteiger partial charge in [0.2, 0.25) is 10.0 Å². The van der Waals surface area contributed by atoms with Gasteiger partial charge in [-0.2, -0.15) is 4.31 Å². The SMILES string of the molecule is CCNC(=NCc1ccccc1S(=O)(=O)N1CCN(C)CC1)N1CCC2(CCC2)C1. The average Bonchev–Trinajstić information content (AvgIpc) is 3.18. The number of likely N-dealkylation sites (N-methyl/N-ethyl adjacent to an activating group) is 1. The molecule has 0 aromatic heterocycles. The van der Waals surface area contributed by atoms with Crippen molar-refractivity contribution < 1.29 is 8.42 Å². The minimum absolute atomic E-state index is 0.370. The number of nitrogens with one attached hydrogen (secondary N) is 1. The van der Waals surface area contributed by atoms with Crippen molar-refractivity contribution in [1.29, 1.82) is 0 Å². The summed E-state index contributed by atoms with van der Waals surface area (Å²) in [5, 5.41) is 3.42. The molecule has 2 heterocycles. The van der Waals surface area contributed by atoms with E-state index in [4.69, 9.17) is 4.99 Å². The van der Waals surface area contributed by atoms with Crippen LogP contribution in [-0.4, -0.2) is 81.3 Å². The van der Waals surface area contributed by atoms with Gasteiger partial charge in [0.25, 0.3) is 0 Å². The standard InChI is InChI=1S/C22H35N5O2S/c1-3-23-21(26-12-11-22(18-26)9-6-10-22)24-17-19-7-4-5-8-20(19)30(28,29)27-15-13-25(2)14-16-27/h4-5,7-8H,3,6,9-18H2,1-2H3,(H,23,24). The molecular weight excluding hydrogens is 398 g/mol. The predicted molar refractivity (Wildman–Crippen MR) is 120 cm³/mol. The van der Waals surface area contributed by atoms with Crippen LogP contribution in [0, 0.1) is 5.41 Å². The van der Waals surface area contributed by atoms with Crippen molar-refractivity contribution in [3.05, 3.63) is 29.8 Å². The van der Waals surface area contributed by atoms with Crippen LogP contribution in [0.25, 0.3) is 0 Å². The molecule has 2 saturated heterocycles. The summed E-state index contributed by atoms with van der Waals surface area (Å²) in [5.41, 5.74) is 1.27. The van der Waals surface area contributed by atoms with E-state index in [0.29, 0.717) is 29.9 Å². The van der Waals surface area contributed by atoms with E-state index in [0.717, 1.165) is 44.2 Å². The molecule has 166 valence electrons. The van der Waals surface area contributed by atoms with Crippen LogP contribution in [0.2, 0.25) is 0 Å². The number of likely N-dealkylation sites (tertiary alicyclic amines) is 1. The summed E-state index contributed by atoms with van der Waals surface area (Å²) in [7, 11) is -1.48. The van der Waals surface area contributed by atoms with Crippen molar-refractivity contribution in [3.8, 4) is 0 Å². The summed E-state index contributed by atoms with van der Waals surface area (Å²) in [4.78, 5) is 9.78. The number of hydrogen-bond acceptors (Lipinski definition) is 4.